The highest BCUT2D eigenvalue weighted by Gasteiger charge is 2.08. The van der Waals surface area contributed by atoms with Gasteiger partial charge < -0.3 is 15.5 Å². The Kier molecular flexibility index (Phi) is 4.36. The molecule has 0 amide bonds. The molecule has 0 saturated heterocycles. The summed E-state index contributed by atoms with van der Waals surface area (Å²) >= 11 is 1.57. The molecular weight excluding hydrogens is 246 g/mol. The molecule has 0 spiro atoms. The van der Waals surface area contributed by atoms with Gasteiger partial charge in [0, 0.05) is 18.7 Å². The van der Waals surface area contributed by atoms with Gasteiger partial charge in [0.15, 0.2) is 0 Å². The normalized spacial score (nSPS) is 12.6. The van der Waals surface area contributed by atoms with Crippen molar-refractivity contribution in [3.05, 3.63) is 51.7 Å². The van der Waals surface area contributed by atoms with E-state index in [1.54, 1.807) is 17.4 Å². The second-order valence-corrected chi connectivity index (χ2v) is 5.12. The van der Waals surface area contributed by atoms with E-state index in [9.17, 15) is 10.2 Å². The molecule has 2 rings (SSSR count). The van der Waals surface area contributed by atoms with Gasteiger partial charge in [0.25, 0.3) is 0 Å². The van der Waals surface area contributed by atoms with Crippen LogP contribution >= 0.6 is 11.3 Å². The number of hydrogen-bond donors (Lipinski definition) is 3. The first-order chi connectivity index (χ1) is 8.66. The third-order valence-electron chi connectivity index (χ3n) is 2.82. The lowest BCUT2D eigenvalue weighted by Crippen LogP contribution is -2.20. The molecule has 96 valence electrons. The first-order valence-electron chi connectivity index (χ1n) is 5.86. The molecule has 2 aromatic rings. The lowest BCUT2D eigenvalue weighted by Gasteiger charge is -2.11. The number of aliphatic hydroxyl groups is 1. The number of aromatic hydroxyl groups is 1. The number of phenols is 1. The molecule has 0 aliphatic rings. The van der Waals surface area contributed by atoms with Gasteiger partial charge in [-0.05, 0) is 35.4 Å². The van der Waals surface area contributed by atoms with E-state index in [0.29, 0.717) is 13.1 Å². The number of rotatable bonds is 5. The Morgan fingerprint density at radius 3 is 2.89 bits per heavy atom. The van der Waals surface area contributed by atoms with Gasteiger partial charge in [0.2, 0.25) is 0 Å². The van der Waals surface area contributed by atoms with E-state index in [1.807, 2.05) is 35.9 Å². The van der Waals surface area contributed by atoms with Crippen LogP contribution in [0, 0.1) is 6.92 Å². The average Bonchev–Trinajstić information content (AvgIpc) is 2.87. The molecule has 0 aliphatic carbocycles. The molecule has 3 nitrogen and oxygen atoms in total. The van der Waals surface area contributed by atoms with Gasteiger partial charge in [-0.25, -0.2) is 0 Å². The molecule has 1 heterocycles. The fourth-order valence-electron chi connectivity index (χ4n) is 1.78. The molecule has 0 fully saturated rings. The number of thiophene rings is 1. The minimum Gasteiger partial charge on any atom is -0.508 e. The summed E-state index contributed by atoms with van der Waals surface area (Å²) in [5, 5.41) is 26.6. The van der Waals surface area contributed by atoms with Crippen molar-refractivity contribution in [2.45, 2.75) is 19.6 Å². The van der Waals surface area contributed by atoms with Crippen molar-refractivity contribution in [3.8, 4) is 5.75 Å². The van der Waals surface area contributed by atoms with Crippen molar-refractivity contribution in [2.24, 2.45) is 0 Å². The second-order valence-electron chi connectivity index (χ2n) is 4.34. The lowest BCUT2D eigenvalue weighted by molar-refractivity contribution is 0.174. The number of hydrogen-bond acceptors (Lipinski definition) is 4. The standard InChI is InChI=1S/C14H17NO2S/c1-10-2-3-13(16)12(6-10)7-15-8-14(17)11-4-5-18-9-11/h2-6,9,14-17H,7-8H2,1H3. The minimum atomic E-state index is -0.497. The Balaban J connectivity index is 1.87. The predicted octanol–water partition coefficient (Wildman–Crippen LogP) is 2.59. The van der Waals surface area contributed by atoms with Crippen LogP contribution < -0.4 is 5.32 Å². The summed E-state index contributed by atoms with van der Waals surface area (Å²) < 4.78 is 0. The summed E-state index contributed by atoms with van der Waals surface area (Å²) in [6.07, 6.45) is -0.497. The zero-order valence-corrected chi connectivity index (χ0v) is 11.1. The first-order valence-corrected chi connectivity index (χ1v) is 6.80. The van der Waals surface area contributed by atoms with E-state index in [0.717, 1.165) is 16.7 Å². The van der Waals surface area contributed by atoms with Crippen LogP contribution in [0.15, 0.2) is 35.0 Å². The van der Waals surface area contributed by atoms with Crippen LogP contribution in [0.5, 0.6) is 5.75 Å². The highest BCUT2D eigenvalue weighted by Crippen LogP contribution is 2.19. The molecule has 0 bridgehead atoms. The fraction of sp³-hybridized carbons (Fsp3) is 0.286. The smallest absolute Gasteiger partial charge is 0.120 e. The number of phenolic OH excluding ortho intramolecular Hbond substituents is 1. The maximum absolute atomic E-state index is 9.89. The van der Waals surface area contributed by atoms with Crippen molar-refractivity contribution in [3.63, 3.8) is 0 Å². The molecule has 0 saturated carbocycles. The van der Waals surface area contributed by atoms with Gasteiger partial charge in [-0.1, -0.05) is 17.7 Å². The van der Waals surface area contributed by atoms with Crippen LogP contribution in [0.2, 0.25) is 0 Å². The Morgan fingerprint density at radius 1 is 1.33 bits per heavy atom. The monoisotopic (exact) mass is 263 g/mol. The second kappa shape index (κ2) is 6.00. The zero-order chi connectivity index (χ0) is 13.0. The third kappa shape index (κ3) is 3.32. The summed E-state index contributed by atoms with van der Waals surface area (Å²) in [4.78, 5) is 0. The fourth-order valence-corrected chi connectivity index (χ4v) is 2.49. The number of aliphatic hydroxyl groups excluding tert-OH is 1. The number of benzene rings is 1. The summed E-state index contributed by atoms with van der Waals surface area (Å²) in [6.45, 7) is 3.02. The molecule has 4 heteroatoms. The Bertz CT molecular complexity index is 497. The Hall–Kier alpha value is -1.36. The van der Waals surface area contributed by atoms with Crippen molar-refractivity contribution < 1.29 is 10.2 Å². The minimum absolute atomic E-state index is 0.290. The third-order valence-corrected chi connectivity index (χ3v) is 3.52. The van der Waals surface area contributed by atoms with E-state index in [-0.39, 0.29) is 5.75 Å². The van der Waals surface area contributed by atoms with Crippen LogP contribution in [-0.2, 0) is 6.54 Å². The van der Waals surface area contributed by atoms with Crippen LogP contribution in [0.4, 0.5) is 0 Å². The van der Waals surface area contributed by atoms with Crippen LogP contribution in [0.3, 0.4) is 0 Å². The van der Waals surface area contributed by atoms with Crippen molar-refractivity contribution in [1.29, 1.82) is 0 Å². The molecular formula is C14H17NO2S. The zero-order valence-electron chi connectivity index (χ0n) is 10.3. The number of nitrogens with one attached hydrogen (secondary N) is 1. The van der Waals surface area contributed by atoms with Crippen LogP contribution in [-0.4, -0.2) is 16.8 Å². The van der Waals surface area contributed by atoms with Gasteiger partial charge >= 0.3 is 0 Å². The van der Waals surface area contributed by atoms with Crippen molar-refractivity contribution in [1.82, 2.24) is 5.32 Å². The summed E-state index contributed by atoms with van der Waals surface area (Å²) in [6, 6.07) is 7.43. The topological polar surface area (TPSA) is 52.5 Å². The van der Waals surface area contributed by atoms with Gasteiger partial charge in [-0.3, -0.25) is 0 Å². The first kappa shape index (κ1) is 13.1. The Labute approximate surface area is 111 Å². The van der Waals surface area contributed by atoms with E-state index < -0.39 is 6.10 Å². The average molecular weight is 263 g/mol. The molecule has 0 radical (unpaired) electrons. The molecule has 0 aliphatic heterocycles. The maximum Gasteiger partial charge on any atom is 0.120 e. The predicted molar refractivity (Wildman–Crippen MR) is 73.8 cm³/mol. The lowest BCUT2D eigenvalue weighted by atomic mass is 10.1. The largest absolute Gasteiger partial charge is 0.508 e. The summed E-state index contributed by atoms with van der Waals surface area (Å²) in [5.74, 6) is 0.290. The van der Waals surface area contributed by atoms with Crippen LogP contribution in [0.25, 0.3) is 0 Å². The summed E-state index contributed by atoms with van der Waals surface area (Å²) in [7, 11) is 0. The Morgan fingerprint density at radius 2 is 2.17 bits per heavy atom. The highest BCUT2D eigenvalue weighted by molar-refractivity contribution is 7.07. The maximum atomic E-state index is 9.89. The molecule has 1 aromatic carbocycles. The van der Waals surface area contributed by atoms with Crippen molar-refractivity contribution in [2.75, 3.05) is 6.54 Å². The highest BCUT2D eigenvalue weighted by atomic mass is 32.1. The quantitative estimate of drug-likeness (QED) is 0.777. The van der Waals surface area contributed by atoms with E-state index >= 15 is 0 Å². The number of aryl methyl sites for hydroxylation is 1. The molecule has 1 atom stereocenters. The van der Waals surface area contributed by atoms with E-state index in [4.69, 9.17) is 0 Å². The summed E-state index contributed by atoms with van der Waals surface area (Å²) in [5.41, 5.74) is 2.90. The molecule has 3 N–H and O–H groups in total. The van der Waals surface area contributed by atoms with Crippen LogP contribution in [0.1, 0.15) is 22.8 Å². The van der Waals surface area contributed by atoms with Gasteiger partial charge in [-0.2, -0.15) is 11.3 Å². The van der Waals surface area contributed by atoms with E-state index in [1.165, 1.54) is 0 Å². The molecule has 1 unspecified atom stereocenters. The molecule has 18 heavy (non-hydrogen) atoms. The van der Waals surface area contributed by atoms with Crippen molar-refractivity contribution >= 4 is 11.3 Å². The SMILES string of the molecule is Cc1ccc(O)c(CNCC(O)c2ccsc2)c1. The van der Waals surface area contributed by atoms with E-state index in [2.05, 4.69) is 5.32 Å². The van der Waals surface area contributed by atoms with Gasteiger partial charge in [0.1, 0.15) is 5.75 Å². The molecule has 1 aromatic heterocycles. The van der Waals surface area contributed by atoms with Gasteiger partial charge in [-0.15, -0.1) is 0 Å². The van der Waals surface area contributed by atoms with Gasteiger partial charge in [0.05, 0.1) is 6.10 Å².